The summed E-state index contributed by atoms with van der Waals surface area (Å²) in [7, 11) is 0. The largest absolute Gasteiger partial charge is 0.418 e. The minimum absolute atomic E-state index is 0.0377. The van der Waals surface area contributed by atoms with Crippen molar-refractivity contribution in [3.63, 3.8) is 0 Å². The number of ether oxygens (including phenoxy) is 1. The second-order valence-corrected chi connectivity index (χ2v) is 6.27. The molecule has 0 aromatic carbocycles. The Morgan fingerprint density at radius 1 is 1.35 bits per heavy atom. The average molecular weight is 330 g/mol. The number of likely N-dealkylation sites (tertiary alicyclic amines) is 1. The van der Waals surface area contributed by atoms with Gasteiger partial charge in [0.05, 0.1) is 24.0 Å². The van der Waals surface area contributed by atoms with Crippen LogP contribution in [-0.4, -0.2) is 46.9 Å². The van der Waals surface area contributed by atoms with Crippen LogP contribution in [0.2, 0.25) is 0 Å². The Bertz CT molecular complexity index is 538. The summed E-state index contributed by atoms with van der Waals surface area (Å²) in [4.78, 5) is 5.97. The maximum atomic E-state index is 13.1. The fourth-order valence-electron chi connectivity index (χ4n) is 3.66. The van der Waals surface area contributed by atoms with Gasteiger partial charge in [0.25, 0.3) is 0 Å². The zero-order valence-corrected chi connectivity index (χ0v) is 12.8. The van der Waals surface area contributed by atoms with E-state index in [4.69, 9.17) is 4.74 Å². The summed E-state index contributed by atoms with van der Waals surface area (Å²) in [6.07, 6.45) is -1.06. The highest BCUT2D eigenvalue weighted by Gasteiger charge is 2.39. The van der Waals surface area contributed by atoms with Gasteiger partial charge in [-0.25, -0.2) is 0 Å². The van der Waals surface area contributed by atoms with E-state index in [2.05, 4.69) is 4.98 Å². The lowest BCUT2D eigenvalue weighted by atomic mass is 9.89. The van der Waals surface area contributed by atoms with E-state index < -0.39 is 17.8 Å². The molecule has 0 amide bonds. The predicted octanol–water partition coefficient (Wildman–Crippen LogP) is 2.46. The Balaban J connectivity index is 1.77. The van der Waals surface area contributed by atoms with Crippen LogP contribution >= 0.6 is 0 Å². The van der Waals surface area contributed by atoms with Crippen molar-refractivity contribution >= 4 is 0 Å². The molecular weight excluding hydrogens is 309 g/mol. The van der Waals surface area contributed by atoms with Gasteiger partial charge in [0.2, 0.25) is 0 Å². The second kappa shape index (κ2) is 6.75. The van der Waals surface area contributed by atoms with Gasteiger partial charge >= 0.3 is 6.18 Å². The first-order valence-electron chi connectivity index (χ1n) is 7.98. The van der Waals surface area contributed by atoms with Gasteiger partial charge in [0, 0.05) is 31.3 Å². The summed E-state index contributed by atoms with van der Waals surface area (Å²) in [6, 6.07) is 2.44. The monoisotopic (exact) mass is 330 g/mol. The lowest BCUT2D eigenvalue weighted by Gasteiger charge is -2.37. The number of rotatable bonds is 3. The molecule has 2 saturated heterocycles. The Hall–Kier alpha value is -1.18. The van der Waals surface area contributed by atoms with Crippen molar-refractivity contribution in [3.8, 4) is 0 Å². The number of hydrogen-bond acceptors (Lipinski definition) is 4. The number of pyridine rings is 1. The molecule has 0 bridgehead atoms. The van der Waals surface area contributed by atoms with Crippen molar-refractivity contribution in [3.05, 3.63) is 29.6 Å². The van der Waals surface area contributed by atoms with Crippen LogP contribution in [-0.2, 0) is 17.5 Å². The normalized spacial score (nSPS) is 29.8. The van der Waals surface area contributed by atoms with Crippen molar-refractivity contribution in [1.29, 1.82) is 0 Å². The standard InChI is InChI=1S/C16H21F3N2O2/c17-16(18,19)12-3-1-6-20-13(12)9-21-7-2-4-14(21)11-10-23-8-5-15(11)22/h1,3,6,11,14-15,22H,2,4-5,7-10H2/t11-,14+,15+/m0/s1. The molecule has 2 aliphatic heterocycles. The van der Waals surface area contributed by atoms with Gasteiger partial charge in [-0.3, -0.25) is 9.88 Å². The zero-order chi connectivity index (χ0) is 16.4. The fraction of sp³-hybridized carbons (Fsp3) is 0.688. The third-order valence-corrected chi connectivity index (χ3v) is 4.82. The van der Waals surface area contributed by atoms with E-state index in [1.165, 1.54) is 12.3 Å². The topological polar surface area (TPSA) is 45.6 Å². The van der Waals surface area contributed by atoms with Crippen molar-refractivity contribution in [2.45, 2.75) is 44.1 Å². The Morgan fingerprint density at radius 2 is 2.17 bits per heavy atom. The molecular formula is C16H21F3N2O2. The molecule has 23 heavy (non-hydrogen) atoms. The molecule has 1 N–H and O–H groups in total. The van der Waals surface area contributed by atoms with Gasteiger partial charge in [0.1, 0.15) is 0 Å². The van der Waals surface area contributed by atoms with Crippen molar-refractivity contribution in [1.82, 2.24) is 9.88 Å². The lowest BCUT2D eigenvalue weighted by molar-refractivity contribution is -0.139. The fourth-order valence-corrected chi connectivity index (χ4v) is 3.66. The van der Waals surface area contributed by atoms with Gasteiger partial charge in [-0.2, -0.15) is 13.2 Å². The van der Waals surface area contributed by atoms with Crippen LogP contribution in [0.4, 0.5) is 13.2 Å². The number of aliphatic hydroxyl groups excluding tert-OH is 1. The molecule has 1 aromatic heterocycles. The third-order valence-electron chi connectivity index (χ3n) is 4.82. The molecule has 2 fully saturated rings. The SMILES string of the molecule is O[C@@H]1CCOC[C@H]1[C@H]1CCCN1Cc1ncccc1C(F)(F)F. The quantitative estimate of drug-likeness (QED) is 0.925. The number of nitrogens with zero attached hydrogens (tertiary/aromatic N) is 2. The molecule has 128 valence electrons. The van der Waals surface area contributed by atoms with E-state index in [1.54, 1.807) is 0 Å². The molecule has 2 aliphatic rings. The summed E-state index contributed by atoms with van der Waals surface area (Å²) in [5.74, 6) is -0.0377. The molecule has 0 radical (unpaired) electrons. The Kier molecular flexibility index (Phi) is 4.89. The maximum absolute atomic E-state index is 13.1. The first-order chi connectivity index (χ1) is 11.0. The van der Waals surface area contributed by atoms with Crippen LogP contribution in [0.1, 0.15) is 30.5 Å². The molecule has 3 atom stereocenters. The zero-order valence-electron chi connectivity index (χ0n) is 12.8. The number of aliphatic hydroxyl groups is 1. The van der Waals surface area contributed by atoms with Crippen LogP contribution in [0.5, 0.6) is 0 Å². The average Bonchev–Trinajstić information content (AvgIpc) is 2.95. The van der Waals surface area contributed by atoms with E-state index in [0.717, 1.165) is 25.5 Å². The van der Waals surface area contributed by atoms with Gasteiger partial charge in [0.15, 0.2) is 0 Å². The van der Waals surface area contributed by atoms with Gasteiger partial charge in [-0.1, -0.05) is 0 Å². The van der Waals surface area contributed by atoms with E-state index in [1.807, 2.05) is 4.90 Å². The predicted molar refractivity (Wildman–Crippen MR) is 77.6 cm³/mol. The van der Waals surface area contributed by atoms with E-state index in [0.29, 0.717) is 19.6 Å². The highest BCUT2D eigenvalue weighted by atomic mass is 19.4. The maximum Gasteiger partial charge on any atom is 0.418 e. The molecule has 3 rings (SSSR count). The Labute approximate surface area is 133 Å². The third kappa shape index (κ3) is 3.67. The molecule has 3 heterocycles. The summed E-state index contributed by atoms with van der Waals surface area (Å²) in [6.45, 7) is 1.89. The van der Waals surface area contributed by atoms with Gasteiger partial charge < -0.3 is 9.84 Å². The Morgan fingerprint density at radius 3 is 2.91 bits per heavy atom. The lowest BCUT2D eigenvalue weighted by Crippen LogP contribution is -2.46. The highest BCUT2D eigenvalue weighted by Crippen LogP contribution is 2.34. The minimum atomic E-state index is -4.40. The summed E-state index contributed by atoms with van der Waals surface area (Å²) < 4.78 is 44.8. The smallest absolute Gasteiger partial charge is 0.393 e. The number of alkyl halides is 3. The van der Waals surface area contributed by atoms with E-state index in [-0.39, 0.29) is 24.2 Å². The van der Waals surface area contributed by atoms with Gasteiger partial charge in [-0.15, -0.1) is 0 Å². The van der Waals surface area contributed by atoms with E-state index >= 15 is 0 Å². The summed E-state index contributed by atoms with van der Waals surface area (Å²) in [5.41, 5.74) is -0.621. The molecule has 1 aromatic rings. The van der Waals surface area contributed by atoms with Crippen molar-refractivity contribution < 1.29 is 23.0 Å². The molecule has 0 unspecified atom stereocenters. The van der Waals surface area contributed by atoms with Crippen LogP contribution in [0.3, 0.4) is 0 Å². The molecule has 7 heteroatoms. The first kappa shape index (κ1) is 16.7. The van der Waals surface area contributed by atoms with E-state index in [9.17, 15) is 18.3 Å². The van der Waals surface area contributed by atoms with Crippen molar-refractivity contribution in [2.75, 3.05) is 19.8 Å². The summed E-state index contributed by atoms with van der Waals surface area (Å²) >= 11 is 0. The molecule has 0 saturated carbocycles. The van der Waals surface area contributed by atoms with Crippen LogP contribution in [0.25, 0.3) is 0 Å². The molecule has 4 nitrogen and oxygen atoms in total. The van der Waals surface area contributed by atoms with Crippen LogP contribution in [0.15, 0.2) is 18.3 Å². The van der Waals surface area contributed by atoms with Crippen molar-refractivity contribution in [2.24, 2.45) is 5.92 Å². The highest BCUT2D eigenvalue weighted by molar-refractivity contribution is 5.23. The summed E-state index contributed by atoms with van der Waals surface area (Å²) in [5, 5.41) is 10.2. The number of halogens is 3. The second-order valence-electron chi connectivity index (χ2n) is 6.27. The minimum Gasteiger partial charge on any atom is -0.393 e. The number of hydrogen-bond donors (Lipinski definition) is 1. The van der Waals surface area contributed by atoms with Crippen LogP contribution < -0.4 is 0 Å². The molecule has 0 spiro atoms. The first-order valence-corrected chi connectivity index (χ1v) is 7.98. The van der Waals surface area contributed by atoms with Gasteiger partial charge in [-0.05, 0) is 37.9 Å². The molecule has 0 aliphatic carbocycles. The number of aromatic nitrogens is 1. The van der Waals surface area contributed by atoms with Crippen LogP contribution in [0, 0.1) is 5.92 Å².